The Hall–Kier alpha value is -2.37. The molecule has 0 N–H and O–H groups in total. The monoisotopic (exact) mass is 305 g/mol. The summed E-state index contributed by atoms with van der Waals surface area (Å²) in [7, 11) is 2.81. The summed E-state index contributed by atoms with van der Waals surface area (Å²) in [6.45, 7) is 0.434. The summed E-state index contributed by atoms with van der Waals surface area (Å²) in [4.78, 5) is 37.2. The second kappa shape index (κ2) is 7.06. The van der Waals surface area contributed by atoms with Crippen molar-refractivity contribution in [2.75, 3.05) is 27.3 Å². The predicted octanol–water partition coefficient (Wildman–Crippen LogP) is 0.828. The van der Waals surface area contributed by atoms with Gasteiger partial charge in [-0.2, -0.15) is 0 Å². The molecular weight excluding hydrogens is 286 g/mol. The number of Topliss-reactive ketones (excluding diaryl/α,β-unsaturated/α-hetero) is 1. The van der Waals surface area contributed by atoms with Crippen molar-refractivity contribution in [2.24, 2.45) is 5.92 Å². The smallest absolute Gasteiger partial charge is 0.318 e. The van der Waals surface area contributed by atoms with Crippen LogP contribution in [0.4, 0.5) is 0 Å². The van der Waals surface area contributed by atoms with Crippen LogP contribution in [0.15, 0.2) is 24.3 Å². The quantitative estimate of drug-likeness (QED) is 0.608. The maximum absolute atomic E-state index is 12.4. The number of amides is 1. The standard InChI is InChI=1S/C16H19NO5/c1-21-12-5-3-4-11(8-12)9-15(19)17-7-6-14(18)13(10-17)16(20)22-2/h3-5,8,13H,6-7,9-10H2,1-2H3. The van der Waals surface area contributed by atoms with E-state index in [1.54, 1.807) is 24.1 Å². The number of nitrogens with zero attached hydrogens (tertiary/aromatic N) is 1. The number of hydrogen-bond donors (Lipinski definition) is 0. The summed E-state index contributed by atoms with van der Waals surface area (Å²) in [5.74, 6) is -1.05. The Morgan fingerprint density at radius 2 is 2.09 bits per heavy atom. The molecule has 1 atom stereocenters. The molecule has 1 amide bonds. The Bertz CT molecular complexity index is 576. The second-order valence-electron chi connectivity index (χ2n) is 5.16. The molecule has 1 unspecified atom stereocenters. The lowest BCUT2D eigenvalue weighted by atomic mass is 9.96. The van der Waals surface area contributed by atoms with Crippen LogP contribution < -0.4 is 4.74 Å². The van der Waals surface area contributed by atoms with Gasteiger partial charge in [-0.15, -0.1) is 0 Å². The highest BCUT2D eigenvalue weighted by Gasteiger charge is 2.35. The zero-order valence-electron chi connectivity index (χ0n) is 12.7. The Kier molecular flexibility index (Phi) is 5.14. The number of piperidine rings is 1. The average molecular weight is 305 g/mol. The number of methoxy groups -OCH3 is 2. The summed E-state index contributed by atoms with van der Waals surface area (Å²) in [5.41, 5.74) is 0.830. The van der Waals surface area contributed by atoms with E-state index in [1.165, 1.54) is 7.11 Å². The lowest BCUT2D eigenvalue weighted by Crippen LogP contribution is -2.47. The number of rotatable bonds is 4. The van der Waals surface area contributed by atoms with Crippen molar-refractivity contribution in [3.8, 4) is 5.75 Å². The minimum absolute atomic E-state index is 0.0916. The molecule has 22 heavy (non-hydrogen) atoms. The third kappa shape index (κ3) is 3.63. The van der Waals surface area contributed by atoms with Crippen LogP contribution in [-0.2, 0) is 25.5 Å². The molecule has 1 heterocycles. The molecule has 1 aliphatic heterocycles. The van der Waals surface area contributed by atoms with Crippen molar-refractivity contribution in [1.29, 1.82) is 0 Å². The van der Waals surface area contributed by atoms with Gasteiger partial charge in [0.15, 0.2) is 5.78 Å². The van der Waals surface area contributed by atoms with E-state index in [9.17, 15) is 14.4 Å². The van der Waals surface area contributed by atoms with E-state index in [-0.39, 0.29) is 31.1 Å². The number of hydrogen-bond acceptors (Lipinski definition) is 5. The van der Waals surface area contributed by atoms with Gasteiger partial charge >= 0.3 is 5.97 Å². The number of likely N-dealkylation sites (tertiary alicyclic amines) is 1. The first-order chi connectivity index (χ1) is 10.5. The molecular formula is C16H19NO5. The van der Waals surface area contributed by atoms with Crippen LogP contribution in [-0.4, -0.2) is 49.9 Å². The molecule has 0 saturated carbocycles. The van der Waals surface area contributed by atoms with Crippen molar-refractivity contribution in [3.05, 3.63) is 29.8 Å². The van der Waals surface area contributed by atoms with Gasteiger partial charge in [0.1, 0.15) is 11.7 Å². The maximum Gasteiger partial charge on any atom is 0.318 e. The lowest BCUT2D eigenvalue weighted by molar-refractivity contribution is -0.153. The third-order valence-corrected chi connectivity index (χ3v) is 3.75. The number of ether oxygens (including phenoxy) is 2. The van der Waals surface area contributed by atoms with E-state index >= 15 is 0 Å². The first-order valence-electron chi connectivity index (χ1n) is 7.06. The SMILES string of the molecule is COC(=O)C1CN(C(=O)Cc2cccc(OC)c2)CCC1=O. The van der Waals surface area contributed by atoms with Crippen molar-refractivity contribution < 1.29 is 23.9 Å². The fourth-order valence-electron chi connectivity index (χ4n) is 2.48. The van der Waals surface area contributed by atoms with Gasteiger partial charge in [-0.05, 0) is 17.7 Å². The predicted molar refractivity (Wildman–Crippen MR) is 78.4 cm³/mol. The zero-order chi connectivity index (χ0) is 16.1. The number of ketones is 1. The molecule has 6 heteroatoms. The molecule has 1 aromatic rings. The Morgan fingerprint density at radius 1 is 1.32 bits per heavy atom. The van der Waals surface area contributed by atoms with Crippen LogP contribution in [0.3, 0.4) is 0 Å². The van der Waals surface area contributed by atoms with Crippen LogP contribution in [0.25, 0.3) is 0 Å². The maximum atomic E-state index is 12.4. The summed E-state index contributed by atoms with van der Waals surface area (Å²) in [5, 5.41) is 0. The van der Waals surface area contributed by atoms with E-state index in [1.807, 2.05) is 12.1 Å². The van der Waals surface area contributed by atoms with E-state index in [0.717, 1.165) is 5.56 Å². The molecule has 0 aromatic heterocycles. The van der Waals surface area contributed by atoms with Crippen molar-refractivity contribution in [1.82, 2.24) is 4.90 Å². The van der Waals surface area contributed by atoms with E-state index < -0.39 is 11.9 Å². The minimum atomic E-state index is -0.868. The molecule has 2 rings (SSSR count). The number of esters is 1. The first kappa shape index (κ1) is 16.0. The topological polar surface area (TPSA) is 72.9 Å². The van der Waals surface area contributed by atoms with Crippen LogP contribution >= 0.6 is 0 Å². The fourth-order valence-corrected chi connectivity index (χ4v) is 2.48. The largest absolute Gasteiger partial charge is 0.497 e. The molecule has 1 aliphatic rings. The van der Waals surface area contributed by atoms with Gasteiger partial charge in [0.05, 0.1) is 20.6 Å². The van der Waals surface area contributed by atoms with Gasteiger partial charge in [0.2, 0.25) is 5.91 Å². The number of carbonyl (C=O) groups excluding carboxylic acids is 3. The highest BCUT2D eigenvalue weighted by atomic mass is 16.5. The normalized spacial score (nSPS) is 18.0. The van der Waals surface area contributed by atoms with Crippen LogP contribution in [0.5, 0.6) is 5.75 Å². The highest BCUT2D eigenvalue weighted by molar-refractivity contribution is 6.00. The zero-order valence-corrected chi connectivity index (χ0v) is 12.7. The molecule has 0 aliphatic carbocycles. The summed E-state index contributed by atoms with van der Waals surface area (Å²) < 4.78 is 9.75. The van der Waals surface area contributed by atoms with E-state index in [4.69, 9.17) is 4.74 Å². The fraction of sp³-hybridized carbons (Fsp3) is 0.438. The Labute approximate surface area is 129 Å². The number of carbonyl (C=O) groups is 3. The van der Waals surface area contributed by atoms with Gasteiger partial charge in [0, 0.05) is 19.5 Å². The molecule has 1 saturated heterocycles. The molecule has 0 spiro atoms. The lowest BCUT2D eigenvalue weighted by Gasteiger charge is -2.30. The van der Waals surface area contributed by atoms with Crippen LogP contribution in [0.2, 0.25) is 0 Å². The first-order valence-corrected chi connectivity index (χ1v) is 7.06. The van der Waals surface area contributed by atoms with E-state index in [0.29, 0.717) is 12.3 Å². The molecule has 1 fully saturated rings. The Balaban J connectivity index is 2.03. The highest BCUT2D eigenvalue weighted by Crippen LogP contribution is 2.18. The van der Waals surface area contributed by atoms with Gasteiger partial charge in [-0.3, -0.25) is 14.4 Å². The van der Waals surface area contributed by atoms with Crippen LogP contribution in [0, 0.1) is 5.92 Å². The number of benzene rings is 1. The Morgan fingerprint density at radius 3 is 2.77 bits per heavy atom. The van der Waals surface area contributed by atoms with Gasteiger partial charge in [0.25, 0.3) is 0 Å². The summed E-state index contributed by atoms with van der Waals surface area (Å²) >= 11 is 0. The summed E-state index contributed by atoms with van der Waals surface area (Å²) in [6.07, 6.45) is 0.392. The minimum Gasteiger partial charge on any atom is -0.497 e. The van der Waals surface area contributed by atoms with Crippen molar-refractivity contribution >= 4 is 17.7 Å². The molecule has 0 radical (unpaired) electrons. The molecule has 0 bridgehead atoms. The van der Waals surface area contributed by atoms with Crippen molar-refractivity contribution in [3.63, 3.8) is 0 Å². The van der Waals surface area contributed by atoms with Gasteiger partial charge in [-0.1, -0.05) is 12.1 Å². The van der Waals surface area contributed by atoms with Gasteiger partial charge in [-0.25, -0.2) is 0 Å². The van der Waals surface area contributed by atoms with E-state index in [2.05, 4.69) is 4.74 Å². The molecule has 6 nitrogen and oxygen atoms in total. The van der Waals surface area contributed by atoms with Gasteiger partial charge < -0.3 is 14.4 Å². The summed E-state index contributed by atoms with van der Waals surface area (Å²) in [6, 6.07) is 7.26. The van der Waals surface area contributed by atoms with Crippen molar-refractivity contribution in [2.45, 2.75) is 12.8 Å². The second-order valence-corrected chi connectivity index (χ2v) is 5.16. The third-order valence-electron chi connectivity index (χ3n) is 3.75. The molecule has 1 aromatic carbocycles. The molecule has 118 valence electrons. The van der Waals surface area contributed by atoms with Crippen LogP contribution in [0.1, 0.15) is 12.0 Å². The average Bonchev–Trinajstić information content (AvgIpc) is 2.54.